The van der Waals surface area contributed by atoms with Gasteiger partial charge >= 0.3 is 0 Å². The molecule has 2 nitrogen and oxygen atoms in total. The average molecular weight is 235 g/mol. The molecule has 0 aliphatic heterocycles. The maximum atomic E-state index is 13.1. The molecule has 0 saturated carbocycles. The second kappa shape index (κ2) is 6.18. The van der Waals surface area contributed by atoms with E-state index in [4.69, 9.17) is 0 Å². The summed E-state index contributed by atoms with van der Waals surface area (Å²) in [5.41, 5.74) is 1.22. The summed E-state index contributed by atoms with van der Waals surface area (Å²) in [5.74, 6) is -0.492. The number of allylic oxidation sites excluding steroid dienone is 1. The number of nitrogens with zero attached hydrogens (tertiary/aromatic N) is 1. The smallest absolute Gasteiger partial charge is 0.161 e. The Labute approximate surface area is 102 Å². The first kappa shape index (κ1) is 13.4. The van der Waals surface area contributed by atoms with Crippen LogP contribution in [0.1, 0.15) is 30.1 Å². The monoisotopic (exact) mass is 235 g/mol. The van der Waals surface area contributed by atoms with Crippen LogP contribution >= 0.6 is 0 Å². The van der Waals surface area contributed by atoms with E-state index in [1.807, 2.05) is 18.0 Å². The van der Waals surface area contributed by atoms with Gasteiger partial charge in [0.2, 0.25) is 0 Å². The number of halogens is 1. The summed E-state index contributed by atoms with van der Waals surface area (Å²) in [5, 5.41) is 0. The predicted octanol–water partition coefficient (Wildman–Crippen LogP) is 3.43. The van der Waals surface area contributed by atoms with Crippen molar-refractivity contribution in [2.24, 2.45) is 0 Å². The molecular weight excluding hydrogens is 217 g/mol. The van der Waals surface area contributed by atoms with Crippen LogP contribution in [0.2, 0.25) is 0 Å². The number of Topliss-reactive ketones (excluding diaryl/α,β-unsaturated/α-hetero) is 1. The van der Waals surface area contributed by atoms with E-state index < -0.39 is 0 Å². The van der Waals surface area contributed by atoms with Gasteiger partial charge in [-0.2, -0.15) is 0 Å². The fourth-order valence-electron chi connectivity index (χ4n) is 1.72. The number of hydrogen-bond acceptors (Lipinski definition) is 2. The molecule has 0 unspecified atom stereocenters. The lowest BCUT2D eigenvalue weighted by Gasteiger charge is -2.21. The first-order chi connectivity index (χ1) is 8.06. The second-order valence-corrected chi connectivity index (χ2v) is 4.07. The van der Waals surface area contributed by atoms with E-state index in [1.54, 1.807) is 6.07 Å². The molecule has 0 saturated heterocycles. The molecule has 0 aromatic heterocycles. The van der Waals surface area contributed by atoms with Gasteiger partial charge in [0.25, 0.3) is 0 Å². The van der Waals surface area contributed by atoms with Gasteiger partial charge in [0.15, 0.2) is 5.78 Å². The SMILES string of the molecule is C=CCCCN(C)c1ccc(F)cc1C(C)=O. The van der Waals surface area contributed by atoms with Crippen LogP contribution in [0, 0.1) is 5.82 Å². The molecule has 3 heteroatoms. The van der Waals surface area contributed by atoms with Crippen LogP contribution in [-0.2, 0) is 0 Å². The highest BCUT2D eigenvalue weighted by Crippen LogP contribution is 2.21. The van der Waals surface area contributed by atoms with E-state index in [-0.39, 0.29) is 11.6 Å². The van der Waals surface area contributed by atoms with Crippen molar-refractivity contribution in [1.82, 2.24) is 0 Å². The minimum absolute atomic E-state index is 0.116. The number of unbranched alkanes of at least 4 members (excludes halogenated alkanes) is 1. The van der Waals surface area contributed by atoms with Crippen molar-refractivity contribution in [3.05, 3.63) is 42.2 Å². The highest BCUT2D eigenvalue weighted by atomic mass is 19.1. The van der Waals surface area contributed by atoms with Crippen LogP contribution in [0.5, 0.6) is 0 Å². The standard InChI is InChI=1S/C14H18FNO/c1-4-5-6-9-16(3)14-8-7-12(15)10-13(14)11(2)17/h4,7-8,10H,1,5-6,9H2,2-3H3. The Morgan fingerprint density at radius 2 is 2.24 bits per heavy atom. The van der Waals surface area contributed by atoms with Gasteiger partial charge in [0.1, 0.15) is 5.82 Å². The number of hydrogen-bond donors (Lipinski definition) is 0. The lowest BCUT2D eigenvalue weighted by Crippen LogP contribution is -2.20. The summed E-state index contributed by atoms with van der Waals surface area (Å²) in [6, 6.07) is 4.33. The van der Waals surface area contributed by atoms with Gasteiger partial charge in [-0.25, -0.2) is 4.39 Å². The zero-order valence-corrected chi connectivity index (χ0v) is 10.4. The molecule has 0 heterocycles. The van der Waals surface area contributed by atoms with E-state index >= 15 is 0 Å². The van der Waals surface area contributed by atoms with Gasteiger partial charge in [-0.1, -0.05) is 6.08 Å². The molecule has 0 fully saturated rings. The Hall–Kier alpha value is -1.64. The van der Waals surface area contributed by atoms with Gasteiger partial charge in [-0.3, -0.25) is 4.79 Å². The third-order valence-electron chi connectivity index (χ3n) is 2.65. The van der Waals surface area contributed by atoms with E-state index in [0.717, 1.165) is 25.1 Å². The summed E-state index contributed by atoms with van der Waals surface area (Å²) < 4.78 is 13.1. The fourth-order valence-corrected chi connectivity index (χ4v) is 1.72. The minimum Gasteiger partial charge on any atom is -0.374 e. The van der Waals surface area contributed by atoms with Gasteiger partial charge < -0.3 is 4.90 Å². The molecule has 1 rings (SSSR count). The molecule has 1 aromatic carbocycles. The van der Waals surface area contributed by atoms with Crippen LogP contribution in [0.15, 0.2) is 30.9 Å². The van der Waals surface area contributed by atoms with Gasteiger partial charge in [-0.15, -0.1) is 6.58 Å². The number of anilines is 1. The van der Waals surface area contributed by atoms with Crippen molar-refractivity contribution in [1.29, 1.82) is 0 Å². The molecule has 17 heavy (non-hydrogen) atoms. The maximum absolute atomic E-state index is 13.1. The van der Waals surface area contributed by atoms with Crippen molar-refractivity contribution in [2.75, 3.05) is 18.5 Å². The molecule has 1 aromatic rings. The minimum atomic E-state index is -0.376. The van der Waals surface area contributed by atoms with E-state index in [0.29, 0.717) is 5.56 Å². The Kier molecular flexibility index (Phi) is 4.88. The predicted molar refractivity (Wildman–Crippen MR) is 69.1 cm³/mol. The van der Waals surface area contributed by atoms with Gasteiger partial charge in [0, 0.05) is 24.8 Å². The molecule has 0 amide bonds. The number of ketones is 1. The third-order valence-corrected chi connectivity index (χ3v) is 2.65. The topological polar surface area (TPSA) is 20.3 Å². The number of carbonyl (C=O) groups is 1. The zero-order valence-electron chi connectivity index (χ0n) is 10.4. The van der Waals surface area contributed by atoms with Crippen molar-refractivity contribution < 1.29 is 9.18 Å². The summed E-state index contributed by atoms with van der Waals surface area (Å²) >= 11 is 0. The van der Waals surface area contributed by atoms with Crippen LogP contribution in [-0.4, -0.2) is 19.4 Å². The lowest BCUT2D eigenvalue weighted by atomic mass is 10.1. The third kappa shape index (κ3) is 3.70. The van der Waals surface area contributed by atoms with Crippen molar-refractivity contribution >= 4 is 11.5 Å². The summed E-state index contributed by atoms with van der Waals surface area (Å²) in [6.45, 7) is 5.94. The second-order valence-electron chi connectivity index (χ2n) is 4.07. The molecule has 0 bridgehead atoms. The molecule has 0 spiro atoms. The molecule has 0 N–H and O–H groups in total. The summed E-state index contributed by atoms with van der Waals surface area (Å²) in [4.78, 5) is 13.4. The highest BCUT2D eigenvalue weighted by molar-refractivity contribution is 5.99. The average Bonchev–Trinajstić information content (AvgIpc) is 2.29. The molecule has 0 aliphatic carbocycles. The fraction of sp³-hybridized carbons (Fsp3) is 0.357. The first-order valence-corrected chi connectivity index (χ1v) is 5.68. The Bertz CT molecular complexity index is 415. The summed E-state index contributed by atoms with van der Waals surface area (Å²) in [7, 11) is 1.91. The number of benzene rings is 1. The van der Waals surface area contributed by atoms with E-state index in [2.05, 4.69) is 6.58 Å². The quantitative estimate of drug-likeness (QED) is 0.428. The maximum Gasteiger partial charge on any atom is 0.161 e. The number of rotatable bonds is 6. The van der Waals surface area contributed by atoms with Gasteiger partial charge in [0.05, 0.1) is 0 Å². The zero-order chi connectivity index (χ0) is 12.8. The molecule has 0 aliphatic rings. The Morgan fingerprint density at radius 3 is 2.82 bits per heavy atom. The van der Waals surface area contributed by atoms with Crippen molar-refractivity contribution in [3.63, 3.8) is 0 Å². The normalized spacial score (nSPS) is 10.1. The molecular formula is C14H18FNO. The lowest BCUT2D eigenvalue weighted by molar-refractivity contribution is 0.101. The Morgan fingerprint density at radius 1 is 1.53 bits per heavy atom. The highest BCUT2D eigenvalue weighted by Gasteiger charge is 2.11. The van der Waals surface area contributed by atoms with E-state index in [9.17, 15) is 9.18 Å². The largest absolute Gasteiger partial charge is 0.374 e. The van der Waals surface area contributed by atoms with Gasteiger partial charge in [-0.05, 0) is 38.0 Å². The molecule has 0 radical (unpaired) electrons. The molecule has 92 valence electrons. The first-order valence-electron chi connectivity index (χ1n) is 5.68. The summed E-state index contributed by atoms with van der Waals surface area (Å²) in [6.07, 6.45) is 3.76. The molecule has 0 atom stereocenters. The van der Waals surface area contributed by atoms with Crippen LogP contribution in [0.25, 0.3) is 0 Å². The van der Waals surface area contributed by atoms with Crippen LogP contribution in [0.4, 0.5) is 10.1 Å². The van der Waals surface area contributed by atoms with Crippen LogP contribution < -0.4 is 4.90 Å². The van der Waals surface area contributed by atoms with Crippen LogP contribution in [0.3, 0.4) is 0 Å². The Balaban J connectivity index is 2.88. The number of carbonyl (C=O) groups excluding carboxylic acids is 1. The van der Waals surface area contributed by atoms with Crippen molar-refractivity contribution in [3.8, 4) is 0 Å². The van der Waals surface area contributed by atoms with Crippen molar-refractivity contribution in [2.45, 2.75) is 19.8 Å². The van der Waals surface area contributed by atoms with E-state index in [1.165, 1.54) is 19.1 Å².